The van der Waals surface area contributed by atoms with Crippen LogP contribution in [0.15, 0.2) is 18.2 Å². The van der Waals surface area contributed by atoms with Crippen molar-refractivity contribution in [1.29, 1.82) is 5.26 Å². The first-order chi connectivity index (χ1) is 9.32. The Bertz CT molecular complexity index is 567. The Hall–Kier alpha value is -2.02. The highest BCUT2D eigenvalue weighted by Crippen LogP contribution is 2.39. The predicted molar refractivity (Wildman–Crippen MR) is 76.7 cm³/mol. The molecule has 4 heteroatoms. The molecule has 0 aromatic heterocycles. The van der Waals surface area contributed by atoms with Gasteiger partial charge >= 0.3 is 6.09 Å². The summed E-state index contributed by atoms with van der Waals surface area (Å²) in [4.78, 5) is 12.8. The van der Waals surface area contributed by atoms with Gasteiger partial charge in [-0.05, 0) is 35.1 Å². The molecule has 0 aliphatic carbocycles. The highest BCUT2D eigenvalue weighted by atomic mass is 16.4. The molecule has 0 saturated carbocycles. The molecule has 1 aliphatic rings. The molecular weight excluding hydrogens is 252 g/mol. The van der Waals surface area contributed by atoms with Crippen molar-refractivity contribution in [2.75, 3.05) is 13.1 Å². The molecule has 1 N–H and O–H groups in total. The fraction of sp³-hybridized carbons (Fsp3) is 0.500. The van der Waals surface area contributed by atoms with Gasteiger partial charge in [-0.2, -0.15) is 5.26 Å². The van der Waals surface area contributed by atoms with Gasteiger partial charge in [-0.1, -0.05) is 26.8 Å². The van der Waals surface area contributed by atoms with Crippen LogP contribution in [0.25, 0.3) is 0 Å². The Labute approximate surface area is 119 Å². The number of rotatable bonds is 0. The van der Waals surface area contributed by atoms with E-state index in [0.717, 1.165) is 5.56 Å². The van der Waals surface area contributed by atoms with Crippen LogP contribution in [0, 0.1) is 16.7 Å². The van der Waals surface area contributed by atoms with Crippen molar-refractivity contribution in [3.63, 3.8) is 0 Å². The molecule has 4 nitrogen and oxygen atoms in total. The van der Waals surface area contributed by atoms with Gasteiger partial charge in [-0.25, -0.2) is 4.79 Å². The second-order valence-corrected chi connectivity index (χ2v) is 6.42. The number of nitrogens with zero attached hydrogens (tertiary/aromatic N) is 2. The van der Waals surface area contributed by atoms with E-state index in [1.807, 2.05) is 18.2 Å². The molecular formula is C16H20N2O2. The van der Waals surface area contributed by atoms with Crippen LogP contribution >= 0.6 is 0 Å². The lowest BCUT2D eigenvalue weighted by Gasteiger charge is -2.33. The van der Waals surface area contributed by atoms with Crippen LogP contribution in [-0.2, 0) is 6.42 Å². The van der Waals surface area contributed by atoms with Crippen molar-refractivity contribution in [1.82, 2.24) is 4.90 Å². The number of fused-ring (bicyclic) bond motifs is 1. The monoisotopic (exact) mass is 272 g/mol. The summed E-state index contributed by atoms with van der Waals surface area (Å²) < 4.78 is 0. The molecule has 106 valence electrons. The van der Waals surface area contributed by atoms with Crippen LogP contribution in [0.1, 0.15) is 43.4 Å². The largest absolute Gasteiger partial charge is 0.465 e. The van der Waals surface area contributed by atoms with Gasteiger partial charge in [-0.3, -0.25) is 0 Å². The maximum Gasteiger partial charge on any atom is 0.407 e. The summed E-state index contributed by atoms with van der Waals surface area (Å²) >= 11 is 0. The Morgan fingerprint density at radius 2 is 2.15 bits per heavy atom. The van der Waals surface area contributed by atoms with E-state index in [1.54, 1.807) is 0 Å². The highest BCUT2D eigenvalue weighted by Gasteiger charge is 2.33. The number of hydrogen-bond donors (Lipinski definition) is 1. The van der Waals surface area contributed by atoms with E-state index in [0.29, 0.717) is 25.1 Å². The number of nitriles is 1. The third-order valence-corrected chi connectivity index (χ3v) is 4.02. The fourth-order valence-corrected chi connectivity index (χ4v) is 2.81. The van der Waals surface area contributed by atoms with Gasteiger partial charge in [0.05, 0.1) is 11.6 Å². The SMILES string of the molecule is CC(C)(C)C1CN(C(=O)O)CCc2cc(C#N)ccc21. The third kappa shape index (κ3) is 2.77. The zero-order chi connectivity index (χ0) is 14.9. The van der Waals surface area contributed by atoms with Crippen molar-refractivity contribution in [3.05, 3.63) is 34.9 Å². The summed E-state index contributed by atoms with van der Waals surface area (Å²) in [5, 5.41) is 18.3. The van der Waals surface area contributed by atoms with Gasteiger partial charge < -0.3 is 10.0 Å². The van der Waals surface area contributed by atoms with Gasteiger partial charge in [0.25, 0.3) is 0 Å². The van der Waals surface area contributed by atoms with Crippen LogP contribution < -0.4 is 0 Å². The van der Waals surface area contributed by atoms with Crippen LogP contribution in [0.4, 0.5) is 4.79 Å². The van der Waals surface area contributed by atoms with E-state index in [4.69, 9.17) is 5.26 Å². The third-order valence-electron chi connectivity index (χ3n) is 4.02. The average molecular weight is 272 g/mol. The summed E-state index contributed by atoms with van der Waals surface area (Å²) in [6, 6.07) is 7.88. The first kappa shape index (κ1) is 14.4. The van der Waals surface area contributed by atoms with Gasteiger partial charge in [-0.15, -0.1) is 0 Å². The summed E-state index contributed by atoms with van der Waals surface area (Å²) in [7, 11) is 0. The fourth-order valence-electron chi connectivity index (χ4n) is 2.81. The smallest absolute Gasteiger partial charge is 0.407 e. The molecule has 1 atom stereocenters. The van der Waals surface area contributed by atoms with E-state index in [9.17, 15) is 9.90 Å². The van der Waals surface area contributed by atoms with Crippen molar-refractivity contribution >= 4 is 6.09 Å². The van der Waals surface area contributed by atoms with Crippen molar-refractivity contribution in [2.24, 2.45) is 5.41 Å². The first-order valence-electron chi connectivity index (χ1n) is 6.83. The van der Waals surface area contributed by atoms with E-state index < -0.39 is 6.09 Å². The standard InChI is InChI=1S/C16H20N2O2/c1-16(2,3)14-10-18(15(19)20)7-6-12-8-11(9-17)4-5-13(12)14/h4-5,8,14H,6-7,10H2,1-3H3,(H,19,20). The summed E-state index contributed by atoms with van der Waals surface area (Å²) in [6.45, 7) is 7.39. The Morgan fingerprint density at radius 1 is 1.45 bits per heavy atom. The molecule has 1 unspecified atom stereocenters. The van der Waals surface area contributed by atoms with Gasteiger partial charge in [0.2, 0.25) is 0 Å². The van der Waals surface area contributed by atoms with Crippen LogP contribution in [0.3, 0.4) is 0 Å². The second kappa shape index (κ2) is 5.16. The number of amides is 1. The Kier molecular flexibility index (Phi) is 3.71. The molecule has 2 rings (SSSR count). The normalized spacial score (nSPS) is 18.9. The van der Waals surface area contributed by atoms with Gasteiger partial charge in [0, 0.05) is 19.0 Å². The Morgan fingerprint density at radius 3 is 2.70 bits per heavy atom. The quantitative estimate of drug-likeness (QED) is 0.788. The molecule has 20 heavy (non-hydrogen) atoms. The minimum absolute atomic E-state index is 0.0268. The summed E-state index contributed by atoms with van der Waals surface area (Å²) in [6.07, 6.45) is -0.198. The molecule has 0 radical (unpaired) electrons. The zero-order valence-corrected chi connectivity index (χ0v) is 12.2. The van der Waals surface area contributed by atoms with Crippen LogP contribution in [0.5, 0.6) is 0 Å². The molecule has 1 aromatic rings. The number of carboxylic acid groups (broad SMARTS) is 1. The van der Waals surface area contributed by atoms with Crippen molar-refractivity contribution in [2.45, 2.75) is 33.1 Å². The van der Waals surface area contributed by atoms with Gasteiger partial charge in [0.1, 0.15) is 0 Å². The summed E-state index contributed by atoms with van der Waals surface area (Å²) in [5.41, 5.74) is 2.90. The lowest BCUT2D eigenvalue weighted by molar-refractivity contribution is 0.135. The second-order valence-electron chi connectivity index (χ2n) is 6.42. The van der Waals surface area contributed by atoms with Crippen molar-refractivity contribution in [3.8, 4) is 6.07 Å². The van der Waals surface area contributed by atoms with Gasteiger partial charge in [0.15, 0.2) is 0 Å². The topological polar surface area (TPSA) is 64.3 Å². The number of hydrogen-bond acceptors (Lipinski definition) is 2. The van der Waals surface area contributed by atoms with Crippen molar-refractivity contribution < 1.29 is 9.90 Å². The minimum Gasteiger partial charge on any atom is -0.465 e. The maximum absolute atomic E-state index is 11.3. The number of benzene rings is 1. The first-order valence-corrected chi connectivity index (χ1v) is 6.83. The van der Waals surface area contributed by atoms with E-state index in [-0.39, 0.29) is 11.3 Å². The average Bonchev–Trinajstić information content (AvgIpc) is 2.56. The highest BCUT2D eigenvalue weighted by molar-refractivity contribution is 5.65. The van der Waals surface area contributed by atoms with E-state index >= 15 is 0 Å². The molecule has 0 fully saturated rings. The predicted octanol–water partition coefficient (Wildman–Crippen LogP) is 3.22. The number of carbonyl (C=O) groups is 1. The molecule has 0 saturated heterocycles. The minimum atomic E-state index is -0.868. The molecule has 0 spiro atoms. The Balaban J connectivity index is 2.48. The molecule has 1 heterocycles. The van der Waals surface area contributed by atoms with E-state index in [1.165, 1.54) is 10.5 Å². The lowest BCUT2D eigenvalue weighted by atomic mass is 9.75. The molecule has 1 aromatic carbocycles. The molecule has 1 amide bonds. The van der Waals surface area contributed by atoms with Crippen LogP contribution in [0.2, 0.25) is 0 Å². The molecule has 1 aliphatic heterocycles. The van der Waals surface area contributed by atoms with E-state index in [2.05, 4.69) is 26.8 Å². The summed E-state index contributed by atoms with van der Waals surface area (Å²) in [5.74, 6) is 0.142. The maximum atomic E-state index is 11.3. The lowest BCUT2D eigenvalue weighted by Crippen LogP contribution is -2.36. The zero-order valence-electron chi connectivity index (χ0n) is 12.2. The van der Waals surface area contributed by atoms with Crippen LogP contribution in [-0.4, -0.2) is 29.2 Å². The molecule has 0 bridgehead atoms.